The molecular weight excluding hydrogens is 201 g/mol. The number of hydrogen-bond acceptors (Lipinski definition) is 4. The summed E-state index contributed by atoms with van der Waals surface area (Å²) < 4.78 is 28.0. The largest absolute Gasteiger partial charge is 0.494 e. The van der Waals surface area contributed by atoms with E-state index in [0.717, 1.165) is 0 Å². The van der Waals surface area contributed by atoms with E-state index >= 15 is 0 Å². The van der Waals surface area contributed by atoms with Gasteiger partial charge in [0.1, 0.15) is 12.4 Å². The zero-order valence-corrected chi connectivity index (χ0v) is 8.75. The molecule has 1 aromatic carbocycles. The Balaban J connectivity index is 2.78. The molecule has 0 heterocycles. The molecule has 5 heteroatoms. The molecule has 0 aromatic heterocycles. The van der Waals surface area contributed by atoms with E-state index in [4.69, 9.17) is 19.9 Å². The second kappa shape index (κ2) is 5.41. The van der Waals surface area contributed by atoms with Gasteiger partial charge in [-0.2, -0.15) is 0 Å². The van der Waals surface area contributed by atoms with Crippen LogP contribution in [-0.2, 0) is 4.74 Å². The summed E-state index contributed by atoms with van der Waals surface area (Å²) in [5.74, 6) is -0.00370. The third-order valence-electron chi connectivity index (χ3n) is 1.83. The molecule has 2 N–H and O–H groups in total. The smallest absolute Gasteiger partial charge is 0.167 e. The molecule has 0 saturated heterocycles. The van der Waals surface area contributed by atoms with Crippen LogP contribution in [0.4, 0.5) is 10.1 Å². The average molecular weight is 215 g/mol. The maximum atomic E-state index is 13.1. The number of nitrogen functional groups attached to an aromatic ring is 1. The Labute approximate surface area is 87.7 Å². The van der Waals surface area contributed by atoms with Crippen LogP contribution in [0.15, 0.2) is 12.1 Å². The minimum absolute atomic E-state index is 0.108. The summed E-state index contributed by atoms with van der Waals surface area (Å²) in [5.41, 5.74) is 5.81. The Kier molecular flexibility index (Phi) is 4.17. The predicted octanol–water partition coefficient (Wildman–Crippen LogP) is 1.44. The van der Waals surface area contributed by atoms with Gasteiger partial charge in [0.05, 0.1) is 19.4 Å². The van der Waals surface area contributed by atoms with Crippen LogP contribution in [0.2, 0.25) is 0 Å². The second-order valence-corrected chi connectivity index (χ2v) is 2.87. The minimum Gasteiger partial charge on any atom is -0.494 e. The van der Waals surface area contributed by atoms with Crippen molar-refractivity contribution >= 4 is 5.69 Å². The van der Waals surface area contributed by atoms with Crippen molar-refractivity contribution in [3.8, 4) is 11.5 Å². The summed E-state index contributed by atoms with van der Waals surface area (Å²) in [6.07, 6.45) is 0. The van der Waals surface area contributed by atoms with Gasteiger partial charge in [-0.3, -0.25) is 0 Å². The zero-order chi connectivity index (χ0) is 11.3. The summed E-state index contributed by atoms with van der Waals surface area (Å²) in [7, 11) is 2.95. The molecule has 0 aliphatic carbocycles. The van der Waals surface area contributed by atoms with Crippen molar-refractivity contribution in [1.29, 1.82) is 0 Å². The molecule has 0 radical (unpaired) electrons. The van der Waals surface area contributed by atoms with E-state index in [2.05, 4.69) is 0 Å². The Morgan fingerprint density at radius 3 is 2.53 bits per heavy atom. The monoisotopic (exact) mass is 215 g/mol. The Morgan fingerprint density at radius 1 is 1.20 bits per heavy atom. The van der Waals surface area contributed by atoms with Crippen molar-refractivity contribution in [3.05, 3.63) is 17.9 Å². The first-order valence-electron chi connectivity index (χ1n) is 4.43. The molecule has 0 saturated carbocycles. The van der Waals surface area contributed by atoms with E-state index in [1.165, 1.54) is 19.2 Å². The van der Waals surface area contributed by atoms with Crippen molar-refractivity contribution in [2.24, 2.45) is 0 Å². The van der Waals surface area contributed by atoms with E-state index in [9.17, 15) is 4.39 Å². The quantitative estimate of drug-likeness (QED) is 0.596. The van der Waals surface area contributed by atoms with Crippen molar-refractivity contribution in [2.75, 3.05) is 33.2 Å². The third-order valence-corrected chi connectivity index (χ3v) is 1.83. The van der Waals surface area contributed by atoms with E-state index in [1.54, 1.807) is 7.11 Å². The molecule has 1 aromatic rings. The van der Waals surface area contributed by atoms with Crippen LogP contribution in [0.1, 0.15) is 0 Å². The van der Waals surface area contributed by atoms with Gasteiger partial charge in [0, 0.05) is 19.2 Å². The number of halogens is 1. The van der Waals surface area contributed by atoms with E-state index < -0.39 is 5.82 Å². The first kappa shape index (κ1) is 11.6. The van der Waals surface area contributed by atoms with E-state index in [0.29, 0.717) is 19.0 Å². The minimum atomic E-state index is -0.505. The van der Waals surface area contributed by atoms with Crippen LogP contribution in [0.3, 0.4) is 0 Å². The second-order valence-electron chi connectivity index (χ2n) is 2.87. The lowest BCUT2D eigenvalue weighted by atomic mass is 10.2. The van der Waals surface area contributed by atoms with Crippen LogP contribution >= 0.6 is 0 Å². The highest BCUT2D eigenvalue weighted by Crippen LogP contribution is 2.29. The normalized spacial score (nSPS) is 10.1. The van der Waals surface area contributed by atoms with Gasteiger partial charge in [0.25, 0.3) is 0 Å². The van der Waals surface area contributed by atoms with Gasteiger partial charge in [-0.05, 0) is 0 Å². The predicted molar refractivity (Wildman–Crippen MR) is 54.7 cm³/mol. The number of rotatable bonds is 5. The van der Waals surface area contributed by atoms with Gasteiger partial charge in [0.15, 0.2) is 11.6 Å². The lowest BCUT2D eigenvalue weighted by Crippen LogP contribution is -2.06. The zero-order valence-electron chi connectivity index (χ0n) is 8.75. The first-order valence-corrected chi connectivity index (χ1v) is 4.43. The lowest BCUT2D eigenvalue weighted by molar-refractivity contribution is 0.146. The molecule has 0 fully saturated rings. The summed E-state index contributed by atoms with van der Waals surface area (Å²) in [4.78, 5) is 0. The molecule has 0 spiro atoms. The molecule has 0 unspecified atom stereocenters. The molecule has 0 amide bonds. The highest BCUT2D eigenvalue weighted by molar-refractivity contribution is 5.56. The highest BCUT2D eigenvalue weighted by Gasteiger charge is 2.08. The van der Waals surface area contributed by atoms with Crippen molar-refractivity contribution in [1.82, 2.24) is 0 Å². The lowest BCUT2D eigenvalue weighted by Gasteiger charge is -2.10. The van der Waals surface area contributed by atoms with Crippen molar-refractivity contribution < 1.29 is 18.6 Å². The number of benzene rings is 1. The molecule has 0 atom stereocenters. The summed E-state index contributed by atoms with van der Waals surface area (Å²) in [6, 6.07) is 2.58. The summed E-state index contributed by atoms with van der Waals surface area (Å²) in [5, 5.41) is 0. The number of hydrogen-bond donors (Lipinski definition) is 1. The van der Waals surface area contributed by atoms with E-state index in [1.807, 2.05) is 0 Å². The maximum absolute atomic E-state index is 13.1. The molecule has 84 valence electrons. The van der Waals surface area contributed by atoms with Crippen molar-refractivity contribution in [3.63, 3.8) is 0 Å². The van der Waals surface area contributed by atoms with Crippen LogP contribution in [0.5, 0.6) is 11.5 Å². The third kappa shape index (κ3) is 2.99. The van der Waals surface area contributed by atoms with Gasteiger partial charge in [-0.15, -0.1) is 0 Å². The van der Waals surface area contributed by atoms with Gasteiger partial charge in [-0.1, -0.05) is 0 Å². The Hall–Kier alpha value is -1.49. The van der Waals surface area contributed by atoms with E-state index in [-0.39, 0.29) is 11.4 Å². The highest BCUT2D eigenvalue weighted by atomic mass is 19.1. The van der Waals surface area contributed by atoms with Crippen molar-refractivity contribution in [2.45, 2.75) is 0 Å². The fourth-order valence-corrected chi connectivity index (χ4v) is 1.07. The maximum Gasteiger partial charge on any atom is 0.167 e. The molecule has 1 rings (SSSR count). The Morgan fingerprint density at radius 2 is 1.93 bits per heavy atom. The van der Waals surface area contributed by atoms with Crippen LogP contribution in [0.25, 0.3) is 0 Å². The number of nitrogens with two attached hydrogens (primary N) is 1. The van der Waals surface area contributed by atoms with Gasteiger partial charge in [0.2, 0.25) is 0 Å². The van der Waals surface area contributed by atoms with Gasteiger partial charge in [-0.25, -0.2) is 4.39 Å². The SMILES string of the molecule is COCCOc1cc(OC)c(F)cc1N. The van der Waals surface area contributed by atoms with Crippen LogP contribution < -0.4 is 15.2 Å². The first-order chi connectivity index (χ1) is 7.19. The summed E-state index contributed by atoms with van der Waals surface area (Å²) in [6.45, 7) is 0.800. The average Bonchev–Trinajstić information content (AvgIpc) is 2.21. The molecule has 0 bridgehead atoms. The standard InChI is InChI=1S/C10H14FNO3/c1-13-3-4-15-10-6-9(14-2)7(11)5-8(10)12/h5-6H,3-4,12H2,1-2H3. The Bertz CT molecular complexity index is 331. The molecule has 0 aliphatic heterocycles. The molecule has 15 heavy (non-hydrogen) atoms. The van der Waals surface area contributed by atoms with Crippen LogP contribution in [-0.4, -0.2) is 27.4 Å². The fraction of sp³-hybridized carbons (Fsp3) is 0.400. The molecule has 4 nitrogen and oxygen atoms in total. The summed E-state index contributed by atoms with van der Waals surface area (Å²) >= 11 is 0. The molecule has 0 aliphatic rings. The van der Waals surface area contributed by atoms with Gasteiger partial charge < -0.3 is 19.9 Å². The topological polar surface area (TPSA) is 53.7 Å². The fourth-order valence-electron chi connectivity index (χ4n) is 1.07. The number of anilines is 1. The van der Waals surface area contributed by atoms with Crippen LogP contribution in [0, 0.1) is 5.82 Å². The molecular formula is C10H14FNO3. The number of ether oxygens (including phenoxy) is 3. The van der Waals surface area contributed by atoms with Gasteiger partial charge >= 0.3 is 0 Å². The number of methoxy groups -OCH3 is 2.